The molecule has 1 N–H and O–H groups in total. The lowest BCUT2D eigenvalue weighted by Gasteiger charge is -2.18. The first-order valence-corrected chi connectivity index (χ1v) is 5.83. The van der Waals surface area contributed by atoms with E-state index in [-0.39, 0.29) is 12.2 Å². The highest BCUT2D eigenvalue weighted by Gasteiger charge is 2.14. The number of hydrogen-bond donors (Lipinski definition) is 1. The van der Waals surface area contributed by atoms with Gasteiger partial charge in [-0.05, 0) is 26.8 Å². The lowest BCUT2D eigenvalue weighted by atomic mass is 10.2. The quantitative estimate of drug-likeness (QED) is 0.795. The Kier molecular flexibility index (Phi) is 5.05. The number of ether oxygens (including phenoxy) is 1. The van der Waals surface area contributed by atoms with Gasteiger partial charge in [-0.3, -0.25) is 0 Å². The summed E-state index contributed by atoms with van der Waals surface area (Å²) in [7, 11) is 0. The maximum Gasteiger partial charge on any atom is 0.408 e. The van der Waals surface area contributed by atoms with E-state index in [1.54, 1.807) is 26.8 Å². The van der Waals surface area contributed by atoms with Crippen LogP contribution in [0.4, 0.5) is 9.18 Å². The first kappa shape index (κ1) is 15.5. The number of carbonyl (C=O) groups excluding carboxylic acids is 1. The van der Waals surface area contributed by atoms with Crippen LogP contribution in [0.25, 0.3) is 0 Å². The van der Waals surface area contributed by atoms with E-state index >= 15 is 0 Å². The van der Waals surface area contributed by atoms with Gasteiger partial charge < -0.3 is 10.1 Å². The van der Waals surface area contributed by atoms with E-state index in [2.05, 4.69) is 22.1 Å². The second kappa shape index (κ2) is 6.53. The molecule has 104 valence electrons. The summed E-state index contributed by atoms with van der Waals surface area (Å²) in [5, 5.41) is 11.0. The topological polar surface area (TPSA) is 75.0 Å². The molecule has 1 amide bonds. The molecule has 0 aliphatic heterocycles. The fourth-order valence-electron chi connectivity index (χ4n) is 1.17. The SMILES string of the molecule is CC(C)(C)OC(=O)NCC#Cc1cnc(C#N)c(F)c1. The van der Waals surface area contributed by atoms with Crippen molar-refractivity contribution < 1.29 is 13.9 Å². The summed E-state index contributed by atoms with van der Waals surface area (Å²) in [6.07, 6.45) is 0.721. The molecule has 1 aromatic heterocycles. The van der Waals surface area contributed by atoms with Gasteiger partial charge in [-0.1, -0.05) is 11.8 Å². The standard InChI is InChI=1S/C14H14FN3O2/c1-14(2,3)20-13(19)17-6-4-5-10-7-11(15)12(8-16)18-9-10/h7,9H,6H2,1-3H3,(H,17,19). The molecular formula is C14H14FN3O2. The van der Waals surface area contributed by atoms with Crippen molar-refractivity contribution in [3.63, 3.8) is 0 Å². The lowest BCUT2D eigenvalue weighted by molar-refractivity contribution is 0.0535. The van der Waals surface area contributed by atoms with Gasteiger partial charge in [-0.2, -0.15) is 5.26 Å². The predicted molar refractivity (Wildman–Crippen MR) is 70.0 cm³/mol. The third kappa shape index (κ3) is 5.36. The summed E-state index contributed by atoms with van der Waals surface area (Å²) < 4.78 is 18.2. The van der Waals surface area contributed by atoms with Gasteiger partial charge in [0.05, 0.1) is 6.54 Å². The van der Waals surface area contributed by atoms with Gasteiger partial charge >= 0.3 is 6.09 Å². The van der Waals surface area contributed by atoms with E-state index in [0.29, 0.717) is 5.56 Å². The second-order valence-electron chi connectivity index (χ2n) is 4.82. The number of nitriles is 1. The highest BCUT2D eigenvalue weighted by molar-refractivity contribution is 5.68. The fraction of sp³-hybridized carbons (Fsp3) is 0.357. The molecule has 0 fully saturated rings. The number of hydrogen-bond acceptors (Lipinski definition) is 4. The molecule has 6 heteroatoms. The molecule has 0 aliphatic carbocycles. The van der Waals surface area contributed by atoms with Crippen molar-refractivity contribution >= 4 is 6.09 Å². The van der Waals surface area contributed by atoms with Crippen molar-refractivity contribution in [2.75, 3.05) is 6.54 Å². The monoisotopic (exact) mass is 275 g/mol. The maximum absolute atomic E-state index is 13.2. The molecule has 0 spiro atoms. The van der Waals surface area contributed by atoms with Gasteiger partial charge in [0, 0.05) is 11.8 Å². The van der Waals surface area contributed by atoms with Gasteiger partial charge in [0.25, 0.3) is 0 Å². The summed E-state index contributed by atoms with van der Waals surface area (Å²) in [5.41, 5.74) is -0.521. The average molecular weight is 275 g/mol. The van der Waals surface area contributed by atoms with Crippen LogP contribution in [0.3, 0.4) is 0 Å². The number of rotatable bonds is 1. The molecular weight excluding hydrogens is 261 g/mol. The number of amides is 1. The Balaban J connectivity index is 2.54. The van der Waals surface area contributed by atoms with Crippen LogP contribution in [0.15, 0.2) is 12.3 Å². The molecule has 0 aromatic carbocycles. The number of halogens is 1. The molecule has 1 aromatic rings. The highest BCUT2D eigenvalue weighted by Crippen LogP contribution is 2.06. The van der Waals surface area contributed by atoms with Crippen LogP contribution in [0.5, 0.6) is 0 Å². The van der Waals surface area contributed by atoms with E-state index in [4.69, 9.17) is 10.00 Å². The molecule has 5 nitrogen and oxygen atoms in total. The highest BCUT2D eigenvalue weighted by atomic mass is 19.1. The van der Waals surface area contributed by atoms with E-state index in [1.165, 1.54) is 6.20 Å². The second-order valence-corrected chi connectivity index (χ2v) is 4.82. The van der Waals surface area contributed by atoms with Crippen LogP contribution < -0.4 is 5.32 Å². The molecule has 0 radical (unpaired) electrons. The Morgan fingerprint density at radius 2 is 2.25 bits per heavy atom. The van der Waals surface area contributed by atoms with Crippen LogP contribution in [-0.2, 0) is 4.74 Å². The van der Waals surface area contributed by atoms with Gasteiger partial charge in [0.15, 0.2) is 11.5 Å². The lowest BCUT2D eigenvalue weighted by Crippen LogP contribution is -2.32. The minimum atomic E-state index is -0.723. The Morgan fingerprint density at radius 1 is 1.55 bits per heavy atom. The zero-order valence-electron chi connectivity index (χ0n) is 11.5. The van der Waals surface area contributed by atoms with Crippen molar-refractivity contribution in [2.24, 2.45) is 0 Å². The van der Waals surface area contributed by atoms with E-state index < -0.39 is 17.5 Å². The van der Waals surface area contributed by atoms with E-state index in [1.807, 2.05) is 0 Å². The third-order valence-electron chi connectivity index (χ3n) is 1.90. The van der Waals surface area contributed by atoms with Crippen LogP contribution in [-0.4, -0.2) is 23.2 Å². The van der Waals surface area contributed by atoms with Gasteiger partial charge in [-0.25, -0.2) is 14.2 Å². The van der Waals surface area contributed by atoms with Gasteiger partial charge in [0.2, 0.25) is 0 Å². The zero-order valence-corrected chi connectivity index (χ0v) is 11.5. The van der Waals surface area contributed by atoms with Crippen LogP contribution in [0.2, 0.25) is 0 Å². The number of carbonyl (C=O) groups is 1. The largest absolute Gasteiger partial charge is 0.444 e. The summed E-state index contributed by atoms with van der Waals surface area (Å²) >= 11 is 0. The zero-order chi connectivity index (χ0) is 15.2. The Bertz CT molecular complexity index is 604. The van der Waals surface area contributed by atoms with Gasteiger partial charge in [-0.15, -0.1) is 0 Å². The number of nitrogens with one attached hydrogen (secondary N) is 1. The summed E-state index contributed by atoms with van der Waals surface area (Å²) in [5.74, 6) is 4.53. The molecule has 20 heavy (non-hydrogen) atoms. The van der Waals surface area contributed by atoms with Crippen LogP contribution >= 0.6 is 0 Å². The van der Waals surface area contributed by atoms with Crippen molar-refractivity contribution in [2.45, 2.75) is 26.4 Å². The summed E-state index contributed by atoms with van der Waals surface area (Å²) in [4.78, 5) is 14.9. The third-order valence-corrected chi connectivity index (χ3v) is 1.90. The van der Waals surface area contributed by atoms with E-state index in [0.717, 1.165) is 6.07 Å². The molecule has 1 rings (SSSR count). The van der Waals surface area contributed by atoms with Gasteiger partial charge in [0.1, 0.15) is 11.7 Å². The van der Waals surface area contributed by atoms with E-state index in [9.17, 15) is 9.18 Å². The first-order valence-electron chi connectivity index (χ1n) is 5.83. The minimum Gasteiger partial charge on any atom is -0.444 e. The maximum atomic E-state index is 13.2. The Labute approximate surface area is 116 Å². The Hall–Kier alpha value is -2.60. The number of aromatic nitrogens is 1. The number of alkyl carbamates (subject to hydrolysis) is 1. The number of pyridine rings is 1. The summed E-state index contributed by atoms with van der Waals surface area (Å²) in [6, 6.07) is 2.74. The predicted octanol–water partition coefficient (Wildman–Crippen LogP) is 1.97. The molecule has 0 saturated heterocycles. The first-order chi connectivity index (χ1) is 9.31. The van der Waals surface area contributed by atoms with Crippen molar-refractivity contribution in [3.05, 3.63) is 29.3 Å². The average Bonchev–Trinajstić information content (AvgIpc) is 2.33. The van der Waals surface area contributed by atoms with Crippen molar-refractivity contribution in [3.8, 4) is 17.9 Å². The Morgan fingerprint density at radius 3 is 2.80 bits per heavy atom. The smallest absolute Gasteiger partial charge is 0.408 e. The van der Waals surface area contributed by atoms with Crippen molar-refractivity contribution in [1.29, 1.82) is 5.26 Å². The molecule has 0 aliphatic rings. The van der Waals surface area contributed by atoms with Crippen LogP contribution in [0.1, 0.15) is 32.0 Å². The molecule has 0 unspecified atom stereocenters. The normalized spacial score (nSPS) is 9.95. The fourth-order valence-corrected chi connectivity index (χ4v) is 1.17. The van der Waals surface area contributed by atoms with Crippen molar-refractivity contribution in [1.82, 2.24) is 10.3 Å². The van der Waals surface area contributed by atoms with Crippen LogP contribution in [0, 0.1) is 29.0 Å². The molecule has 0 atom stereocenters. The molecule has 0 saturated carbocycles. The molecule has 0 bridgehead atoms. The number of nitrogens with zero attached hydrogens (tertiary/aromatic N) is 2. The minimum absolute atomic E-state index is 0.0660. The molecule has 1 heterocycles. The summed E-state index contributed by atoms with van der Waals surface area (Å²) in [6.45, 7) is 5.33.